The minimum atomic E-state index is -0.455. The molecule has 5 rings (SSSR count). The molecule has 0 aliphatic carbocycles. The molecule has 2 N–H and O–H groups in total. The number of carbonyl (C=O) groups is 1. The molecule has 2 aromatic carbocycles. The van der Waals surface area contributed by atoms with Gasteiger partial charge < -0.3 is 20.0 Å². The van der Waals surface area contributed by atoms with Crippen LogP contribution in [0.2, 0.25) is 0 Å². The molecule has 6 heteroatoms. The van der Waals surface area contributed by atoms with Crippen LogP contribution < -0.4 is 10.6 Å². The third-order valence-electron chi connectivity index (χ3n) is 5.78. The Hall–Kier alpha value is -3.54. The van der Waals surface area contributed by atoms with Gasteiger partial charge in [-0.1, -0.05) is 42.5 Å². The number of amides is 1. The first-order chi connectivity index (χ1) is 14.7. The van der Waals surface area contributed by atoms with Gasteiger partial charge in [0.05, 0.1) is 30.7 Å². The molecule has 1 saturated heterocycles. The lowest BCUT2D eigenvalue weighted by molar-refractivity contribution is 0.0662. The zero-order valence-electron chi connectivity index (χ0n) is 16.7. The second kappa shape index (κ2) is 7.71. The zero-order chi connectivity index (χ0) is 20.4. The Balaban J connectivity index is 1.48. The molecule has 1 amide bonds. The summed E-state index contributed by atoms with van der Waals surface area (Å²) < 4.78 is 5.36. The number of benzene rings is 2. The summed E-state index contributed by atoms with van der Waals surface area (Å²) in [6.45, 7) is 1.82. The highest BCUT2D eigenvalue weighted by Gasteiger charge is 2.44. The first-order valence-corrected chi connectivity index (χ1v) is 10.3. The van der Waals surface area contributed by atoms with Gasteiger partial charge in [0.1, 0.15) is 11.4 Å². The van der Waals surface area contributed by atoms with E-state index in [4.69, 9.17) is 9.41 Å². The predicted octanol–water partition coefficient (Wildman–Crippen LogP) is 4.39. The first kappa shape index (κ1) is 18.5. The van der Waals surface area contributed by atoms with Crippen LogP contribution in [0, 0.1) is 0 Å². The smallest absolute Gasteiger partial charge is 0.289 e. The number of rotatable bonds is 3. The van der Waals surface area contributed by atoms with Gasteiger partial charge in [0.2, 0.25) is 0 Å². The SMILES string of the molecule is O=C(c1ccco1)N1CCCC2(C1)Nc1ccccc1NC2=NCc1ccccc1. The molecule has 30 heavy (non-hydrogen) atoms. The summed E-state index contributed by atoms with van der Waals surface area (Å²) in [5.74, 6) is 1.17. The lowest BCUT2D eigenvalue weighted by atomic mass is 9.85. The molecule has 0 saturated carbocycles. The van der Waals surface area contributed by atoms with Crippen molar-refractivity contribution in [2.24, 2.45) is 4.99 Å². The fourth-order valence-electron chi connectivity index (χ4n) is 4.29. The summed E-state index contributed by atoms with van der Waals surface area (Å²) in [5.41, 5.74) is 2.73. The van der Waals surface area contributed by atoms with E-state index in [1.54, 1.807) is 12.1 Å². The number of furan rings is 1. The van der Waals surface area contributed by atoms with E-state index in [0.717, 1.165) is 35.6 Å². The summed E-state index contributed by atoms with van der Waals surface area (Å²) in [7, 11) is 0. The van der Waals surface area contributed by atoms with Crippen molar-refractivity contribution < 1.29 is 9.21 Å². The second-order valence-corrected chi connectivity index (χ2v) is 7.84. The predicted molar refractivity (Wildman–Crippen MR) is 118 cm³/mol. The van der Waals surface area contributed by atoms with Gasteiger partial charge >= 0.3 is 0 Å². The second-order valence-electron chi connectivity index (χ2n) is 7.84. The molecule has 1 aromatic heterocycles. The van der Waals surface area contributed by atoms with E-state index in [1.165, 1.54) is 6.26 Å². The molecule has 1 fully saturated rings. The van der Waals surface area contributed by atoms with E-state index in [-0.39, 0.29) is 5.91 Å². The Labute approximate surface area is 175 Å². The molecule has 2 aliphatic heterocycles. The maximum Gasteiger partial charge on any atom is 0.289 e. The maximum atomic E-state index is 13.0. The van der Waals surface area contributed by atoms with Gasteiger partial charge in [-0.3, -0.25) is 9.79 Å². The van der Waals surface area contributed by atoms with E-state index >= 15 is 0 Å². The summed E-state index contributed by atoms with van der Waals surface area (Å²) >= 11 is 0. The lowest BCUT2D eigenvalue weighted by Crippen LogP contribution is -2.62. The Morgan fingerprint density at radius 1 is 1.03 bits per heavy atom. The van der Waals surface area contributed by atoms with Gasteiger partial charge in [0.15, 0.2) is 5.76 Å². The van der Waals surface area contributed by atoms with Crippen molar-refractivity contribution in [1.82, 2.24) is 4.90 Å². The number of amidine groups is 1. The first-order valence-electron chi connectivity index (χ1n) is 10.3. The molecule has 3 aromatic rings. The minimum Gasteiger partial charge on any atom is -0.459 e. The highest BCUT2D eigenvalue weighted by molar-refractivity contribution is 6.10. The largest absolute Gasteiger partial charge is 0.459 e. The number of anilines is 2. The van der Waals surface area contributed by atoms with Crippen molar-refractivity contribution in [1.29, 1.82) is 0 Å². The van der Waals surface area contributed by atoms with Gasteiger partial charge in [-0.15, -0.1) is 0 Å². The molecule has 3 heterocycles. The van der Waals surface area contributed by atoms with Gasteiger partial charge in [0.25, 0.3) is 5.91 Å². The Morgan fingerprint density at radius 3 is 2.63 bits per heavy atom. The fourth-order valence-corrected chi connectivity index (χ4v) is 4.29. The number of carbonyl (C=O) groups excluding carboxylic acids is 1. The Morgan fingerprint density at radius 2 is 1.83 bits per heavy atom. The summed E-state index contributed by atoms with van der Waals surface area (Å²) in [6.07, 6.45) is 3.31. The van der Waals surface area contributed by atoms with Gasteiger partial charge in [0, 0.05) is 6.54 Å². The summed E-state index contributed by atoms with van der Waals surface area (Å²) in [4.78, 5) is 19.8. The highest BCUT2D eigenvalue weighted by atomic mass is 16.3. The van der Waals surface area contributed by atoms with E-state index in [2.05, 4.69) is 28.8 Å². The van der Waals surface area contributed by atoms with E-state index in [1.807, 2.05) is 41.3 Å². The van der Waals surface area contributed by atoms with E-state index < -0.39 is 5.54 Å². The molecule has 152 valence electrons. The van der Waals surface area contributed by atoms with E-state index in [9.17, 15) is 4.79 Å². The fraction of sp³-hybridized carbons (Fsp3) is 0.250. The van der Waals surface area contributed by atoms with Crippen LogP contribution in [0.1, 0.15) is 29.0 Å². The normalized spacial score (nSPS) is 21.7. The van der Waals surface area contributed by atoms with Crippen LogP contribution in [0.4, 0.5) is 11.4 Å². The maximum absolute atomic E-state index is 13.0. The topological polar surface area (TPSA) is 69.9 Å². The average molecular weight is 400 g/mol. The summed E-state index contributed by atoms with van der Waals surface area (Å²) in [5, 5.41) is 7.26. The minimum absolute atomic E-state index is 0.0813. The lowest BCUT2D eigenvalue weighted by Gasteiger charge is -2.47. The number of aliphatic imine (C=N–C) groups is 1. The number of likely N-dealkylation sites (tertiary alicyclic amines) is 1. The van der Waals surface area contributed by atoms with Crippen molar-refractivity contribution in [3.8, 4) is 0 Å². The van der Waals surface area contributed by atoms with Gasteiger partial charge in [-0.2, -0.15) is 0 Å². The Bertz CT molecular complexity index is 1060. The number of piperidine rings is 1. The standard InChI is InChI=1S/C24H24N4O2/c29-22(21-12-6-15-30-21)28-14-7-13-24(17-28)23(25-16-18-8-2-1-3-9-18)26-19-10-4-5-11-20(19)27-24/h1-6,8-12,15,27H,7,13-14,16-17H2,(H,25,26). The molecule has 1 atom stereocenters. The Kier molecular flexibility index (Phi) is 4.75. The number of para-hydroxylation sites is 2. The third-order valence-corrected chi connectivity index (χ3v) is 5.78. The van der Waals surface area contributed by atoms with E-state index in [0.29, 0.717) is 25.4 Å². The number of fused-ring (bicyclic) bond motifs is 1. The van der Waals surface area contributed by atoms with Crippen LogP contribution in [0.3, 0.4) is 0 Å². The van der Waals surface area contributed by atoms with Crippen molar-refractivity contribution in [2.75, 3.05) is 23.7 Å². The molecular weight excluding hydrogens is 376 g/mol. The number of hydrogen-bond donors (Lipinski definition) is 2. The highest BCUT2D eigenvalue weighted by Crippen LogP contribution is 2.36. The summed E-state index contributed by atoms with van der Waals surface area (Å²) in [6, 6.07) is 21.8. The monoisotopic (exact) mass is 400 g/mol. The van der Waals surface area contributed by atoms with Crippen LogP contribution in [-0.2, 0) is 6.54 Å². The quantitative estimate of drug-likeness (QED) is 0.684. The van der Waals surface area contributed by atoms with Crippen LogP contribution >= 0.6 is 0 Å². The molecule has 2 aliphatic rings. The zero-order valence-corrected chi connectivity index (χ0v) is 16.7. The van der Waals surface area contributed by atoms with Crippen molar-refractivity contribution in [3.05, 3.63) is 84.3 Å². The van der Waals surface area contributed by atoms with Crippen LogP contribution in [0.15, 0.2) is 82.4 Å². The average Bonchev–Trinajstić information content (AvgIpc) is 3.33. The molecular formula is C24H24N4O2. The van der Waals surface area contributed by atoms with Crippen LogP contribution in [0.25, 0.3) is 0 Å². The molecule has 0 radical (unpaired) electrons. The van der Waals surface area contributed by atoms with Crippen LogP contribution in [0.5, 0.6) is 0 Å². The number of nitrogens with one attached hydrogen (secondary N) is 2. The molecule has 6 nitrogen and oxygen atoms in total. The van der Waals surface area contributed by atoms with Crippen molar-refractivity contribution in [3.63, 3.8) is 0 Å². The van der Waals surface area contributed by atoms with Gasteiger partial charge in [-0.05, 0) is 42.7 Å². The number of nitrogens with zero attached hydrogens (tertiary/aromatic N) is 2. The van der Waals surface area contributed by atoms with Gasteiger partial charge in [-0.25, -0.2) is 0 Å². The molecule has 1 spiro atoms. The molecule has 1 unspecified atom stereocenters. The van der Waals surface area contributed by atoms with Crippen molar-refractivity contribution in [2.45, 2.75) is 24.9 Å². The third kappa shape index (κ3) is 3.45. The number of hydrogen-bond acceptors (Lipinski definition) is 4. The van der Waals surface area contributed by atoms with Crippen molar-refractivity contribution >= 4 is 23.1 Å². The van der Waals surface area contributed by atoms with Crippen LogP contribution in [-0.4, -0.2) is 35.3 Å². The molecule has 0 bridgehead atoms.